The summed E-state index contributed by atoms with van der Waals surface area (Å²) in [5.74, 6) is 2.07. The van der Waals surface area contributed by atoms with Crippen LogP contribution in [0, 0.1) is 25.7 Å². The first-order valence-electron chi connectivity index (χ1n) is 18.6. The summed E-state index contributed by atoms with van der Waals surface area (Å²) in [5, 5.41) is 8.26. The van der Waals surface area contributed by atoms with Crippen molar-refractivity contribution in [2.45, 2.75) is 58.2 Å². The normalized spacial score (nSPS) is 24.2. The minimum atomic E-state index is -0.933. The van der Waals surface area contributed by atoms with E-state index in [1.807, 2.05) is 0 Å². The molecule has 6 aromatic rings. The zero-order valence-corrected chi connectivity index (χ0v) is 31.1. The number of ether oxygens (including phenoxy) is 2. The number of para-hydroxylation sites is 2. The van der Waals surface area contributed by atoms with Crippen molar-refractivity contribution in [1.82, 2.24) is 0 Å². The molecule has 51 heavy (non-hydrogen) atoms. The Bertz CT molecular complexity index is 2150. The zero-order valence-electron chi connectivity index (χ0n) is 29.3. The topological polar surface area (TPSA) is 18.5 Å². The lowest BCUT2D eigenvalue weighted by atomic mass is 9.68. The standard InChI is InChI=1S/C47H42O2P2/c1-31-14-3-7-22-39(31)50-41-24-9-5-16-33(41)28-34-17-6-10-25-42(34)51(40-23-8-4-15-32(40)2)44-27-12-19-36-30-38-21-13-20-37-29-35-18-11-26-43(50)45(35)48-47(37,38)49-46(36)44/h3-12,14-19,22-27,37-38H,13,20-21,28-30H2,1-2H3/t37-,38-,47?,50?,51?/m1/s1. The van der Waals surface area contributed by atoms with Crippen LogP contribution in [-0.4, -0.2) is 5.79 Å². The fourth-order valence-electron chi connectivity index (χ4n) is 9.46. The van der Waals surface area contributed by atoms with E-state index in [1.54, 1.807) is 0 Å². The fraction of sp³-hybridized carbons (Fsp3) is 0.234. The number of fused-ring (bicyclic) bond motifs is 2. The highest BCUT2D eigenvalue weighted by atomic mass is 31.1. The molecule has 252 valence electrons. The second-order valence-electron chi connectivity index (χ2n) is 14.9. The van der Waals surface area contributed by atoms with E-state index in [1.165, 1.54) is 71.6 Å². The minimum Gasteiger partial charge on any atom is -0.451 e. The molecule has 2 nitrogen and oxygen atoms in total. The molecule has 0 radical (unpaired) electrons. The van der Waals surface area contributed by atoms with Gasteiger partial charge in [0.1, 0.15) is 11.5 Å². The van der Waals surface area contributed by atoms with Crippen LogP contribution in [0.4, 0.5) is 0 Å². The van der Waals surface area contributed by atoms with Crippen LogP contribution in [0.15, 0.2) is 133 Å². The van der Waals surface area contributed by atoms with Crippen molar-refractivity contribution in [3.05, 3.63) is 167 Å². The summed E-state index contributed by atoms with van der Waals surface area (Å²) in [6.45, 7) is 4.56. The molecular formula is C47H42O2P2. The summed E-state index contributed by atoms with van der Waals surface area (Å²) in [4.78, 5) is 0. The highest BCUT2D eigenvalue weighted by molar-refractivity contribution is 7.80. The smallest absolute Gasteiger partial charge is 0.257 e. The number of hydrogen-bond acceptors (Lipinski definition) is 2. The van der Waals surface area contributed by atoms with Gasteiger partial charge in [0.25, 0.3) is 5.79 Å². The van der Waals surface area contributed by atoms with Gasteiger partial charge in [0.05, 0.1) is 0 Å². The van der Waals surface area contributed by atoms with E-state index in [4.69, 9.17) is 9.47 Å². The Balaban J connectivity index is 1.31. The van der Waals surface area contributed by atoms with Crippen LogP contribution in [-0.2, 0) is 19.3 Å². The summed E-state index contributed by atoms with van der Waals surface area (Å²) < 4.78 is 15.4. The second-order valence-corrected chi connectivity index (χ2v) is 19.1. The van der Waals surface area contributed by atoms with Crippen molar-refractivity contribution in [3.63, 3.8) is 0 Å². The monoisotopic (exact) mass is 700 g/mol. The average molecular weight is 701 g/mol. The molecule has 0 aromatic heterocycles. The zero-order chi connectivity index (χ0) is 34.1. The van der Waals surface area contributed by atoms with Gasteiger partial charge < -0.3 is 9.47 Å². The molecule has 2 unspecified atom stereocenters. The quantitative estimate of drug-likeness (QED) is 0.169. The van der Waals surface area contributed by atoms with Crippen molar-refractivity contribution in [3.8, 4) is 11.5 Å². The summed E-state index contributed by atoms with van der Waals surface area (Å²) in [5.41, 5.74) is 8.12. The average Bonchev–Trinajstić information content (AvgIpc) is 3.15. The van der Waals surface area contributed by atoms with Crippen LogP contribution < -0.4 is 41.3 Å². The summed E-state index contributed by atoms with van der Waals surface area (Å²) in [6, 6.07) is 50.5. The van der Waals surface area contributed by atoms with Gasteiger partial charge in [-0.25, -0.2) is 0 Å². The maximum absolute atomic E-state index is 7.71. The summed E-state index contributed by atoms with van der Waals surface area (Å²) in [7, 11) is -1.87. The first-order valence-corrected chi connectivity index (χ1v) is 21.3. The first kappa shape index (κ1) is 31.5. The number of aryl methyl sites for hydroxylation is 2. The van der Waals surface area contributed by atoms with E-state index in [-0.39, 0.29) is 0 Å². The Kier molecular flexibility index (Phi) is 7.71. The molecule has 4 aliphatic rings. The third-order valence-corrected chi connectivity index (χ3v) is 17.4. The van der Waals surface area contributed by atoms with Crippen LogP contribution in [0.1, 0.15) is 52.6 Å². The van der Waals surface area contributed by atoms with E-state index in [0.29, 0.717) is 11.8 Å². The third-order valence-electron chi connectivity index (χ3n) is 11.9. The molecule has 0 saturated heterocycles. The van der Waals surface area contributed by atoms with E-state index in [0.717, 1.165) is 43.6 Å². The van der Waals surface area contributed by atoms with Crippen LogP contribution in [0.5, 0.6) is 11.5 Å². The van der Waals surface area contributed by atoms with Gasteiger partial charge in [-0.05, 0) is 116 Å². The first-order chi connectivity index (χ1) is 25.1. The molecule has 1 aliphatic carbocycles. The van der Waals surface area contributed by atoms with E-state index < -0.39 is 21.6 Å². The molecule has 1 fully saturated rings. The van der Waals surface area contributed by atoms with Crippen molar-refractivity contribution in [2.75, 3.05) is 0 Å². The van der Waals surface area contributed by atoms with Gasteiger partial charge in [-0.15, -0.1) is 0 Å². The van der Waals surface area contributed by atoms with Crippen molar-refractivity contribution in [2.24, 2.45) is 11.8 Å². The Labute approximate surface area is 304 Å². The maximum Gasteiger partial charge on any atom is 0.257 e. The van der Waals surface area contributed by atoms with E-state index in [2.05, 4.69) is 147 Å². The van der Waals surface area contributed by atoms with Gasteiger partial charge in [0.15, 0.2) is 0 Å². The van der Waals surface area contributed by atoms with Crippen molar-refractivity contribution < 1.29 is 9.47 Å². The highest BCUT2D eigenvalue weighted by Crippen LogP contribution is 2.55. The lowest BCUT2D eigenvalue weighted by molar-refractivity contribution is -0.225. The molecule has 4 heteroatoms. The molecule has 10 rings (SSSR count). The van der Waals surface area contributed by atoms with Crippen LogP contribution >= 0.6 is 15.8 Å². The van der Waals surface area contributed by atoms with Crippen molar-refractivity contribution >= 4 is 47.7 Å². The highest BCUT2D eigenvalue weighted by Gasteiger charge is 2.58. The largest absolute Gasteiger partial charge is 0.451 e. The van der Waals surface area contributed by atoms with Gasteiger partial charge in [0.2, 0.25) is 0 Å². The van der Waals surface area contributed by atoms with Gasteiger partial charge in [-0.1, -0.05) is 140 Å². The number of rotatable bonds is 2. The van der Waals surface area contributed by atoms with Gasteiger partial charge >= 0.3 is 0 Å². The van der Waals surface area contributed by atoms with E-state index in [9.17, 15) is 0 Å². The number of benzene rings is 6. The second kappa shape index (κ2) is 12.5. The SMILES string of the molecule is Cc1ccccc1P1c2ccccc2Cc2ccccc2P(c2ccccc2C)c2cccc3c2OC24Oc5c(cccc51)C[C@H]2CCC[C@@H]4C3. The molecule has 1 spiro atoms. The predicted molar refractivity (Wildman–Crippen MR) is 215 cm³/mol. The molecule has 1 saturated carbocycles. The molecule has 3 heterocycles. The van der Waals surface area contributed by atoms with Crippen LogP contribution in [0.3, 0.4) is 0 Å². The molecule has 4 atom stereocenters. The Morgan fingerprint density at radius 3 is 1.31 bits per heavy atom. The molecule has 6 aromatic carbocycles. The predicted octanol–water partition coefficient (Wildman–Crippen LogP) is 8.41. The molecular weight excluding hydrogens is 658 g/mol. The summed E-state index contributed by atoms with van der Waals surface area (Å²) >= 11 is 0. The van der Waals surface area contributed by atoms with Gasteiger partial charge in [-0.3, -0.25) is 0 Å². The molecule has 0 N–H and O–H groups in total. The Morgan fingerprint density at radius 1 is 0.451 bits per heavy atom. The fourth-order valence-corrected chi connectivity index (χ4v) is 14.9. The van der Waals surface area contributed by atoms with Crippen molar-refractivity contribution in [1.29, 1.82) is 0 Å². The Hall–Kier alpha value is -4.22. The molecule has 0 amide bonds. The van der Waals surface area contributed by atoms with Gasteiger partial charge in [-0.2, -0.15) is 0 Å². The summed E-state index contributed by atoms with van der Waals surface area (Å²) in [6.07, 6.45) is 6.32. The van der Waals surface area contributed by atoms with Gasteiger partial charge in [0, 0.05) is 22.4 Å². The lowest BCUT2D eigenvalue weighted by Crippen LogP contribution is -2.62. The molecule has 3 aliphatic heterocycles. The lowest BCUT2D eigenvalue weighted by Gasteiger charge is -2.54. The van der Waals surface area contributed by atoms with Crippen LogP contribution in [0.2, 0.25) is 0 Å². The molecule has 3 bridgehead atoms. The maximum atomic E-state index is 7.71. The Morgan fingerprint density at radius 2 is 0.843 bits per heavy atom. The minimum absolute atomic E-state index is 0.307. The van der Waals surface area contributed by atoms with Crippen LogP contribution in [0.25, 0.3) is 0 Å². The number of hydrogen-bond donors (Lipinski definition) is 0. The van der Waals surface area contributed by atoms with E-state index >= 15 is 0 Å². The third kappa shape index (κ3) is 5.05.